The Kier molecular flexibility index (Phi) is 4.50. The average molecular weight is 320 g/mol. The molecule has 0 aliphatic carbocycles. The number of aryl methyl sites for hydroxylation is 2. The summed E-state index contributed by atoms with van der Waals surface area (Å²) in [4.78, 5) is 19.5. The largest absolute Gasteiger partial charge is 0.303 e. The van der Waals surface area contributed by atoms with Crippen molar-refractivity contribution in [2.75, 3.05) is 19.6 Å². The van der Waals surface area contributed by atoms with E-state index in [1.54, 1.807) is 10.9 Å². The summed E-state index contributed by atoms with van der Waals surface area (Å²) in [5, 5.41) is 1.09. The molecule has 4 nitrogen and oxygen atoms in total. The lowest BCUT2D eigenvalue weighted by Crippen LogP contribution is -2.25. The highest BCUT2D eigenvalue weighted by Crippen LogP contribution is 2.25. The minimum Gasteiger partial charge on any atom is -0.303 e. The number of nitrogens with zero attached hydrogens (tertiary/aromatic N) is 3. The second-order valence-electron chi connectivity index (χ2n) is 6.17. The van der Waals surface area contributed by atoms with Crippen molar-refractivity contribution in [2.24, 2.45) is 0 Å². The van der Waals surface area contributed by atoms with E-state index in [1.165, 1.54) is 25.9 Å². The van der Waals surface area contributed by atoms with E-state index < -0.39 is 0 Å². The Hall–Kier alpha value is -1.39. The molecule has 0 atom stereocenters. The van der Waals surface area contributed by atoms with Gasteiger partial charge in [0, 0.05) is 6.54 Å². The number of likely N-dealkylation sites (tertiary alicyclic amines) is 1. The Labute approximate surface area is 135 Å². The molecule has 1 aliphatic heterocycles. The van der Waals surface area contributed by atoms with Crippen LogP contribution in [0.3, 0.4) is 0 Å². The van der Waals surface area contributed by atoms with Crippen LogP contribution in [-0.2, 0) is 6.54 Å². The molecule has 1 aliphatic rings. The number of hydrogen-bond donors (Lipinski definition) is 0. The molecule has 1 saturated heterocycles. The van der Waals surface area contributed by atoms with Gasteiger partial charge in [-0.2, -0.15) is 0 Å². The van der Waals surface area contributed by atoms with Crippen LogP contribution in [-0.4, -0.2) is 34.1 Å². The summed E-state index contributed by atoms with van der Waals surface area (Å²) in [6, 6.07) is 1.94. The van der Waals surface area contributed by atoms with E-state index in [9.17, 15) is 4.79 Å². The van der Waals surface area contributed by atoms with Crippen molar-refractivity contribution < 1.29 is 0 Å². The van der Waals surface area contributed by atoms with Crippen LogP contribution in [0.5, 0.6) is 0 Å². The van der Waals surface area contributed by atoms with Gasteiger partial charge in [-0.15, -0.1) is 0 Å². The number of aromatic nitrogens is 2. The molecule has 3 rings (SSSR count). The zero-order chi connectivity index (χ0) is 15.7. The van der Waals surface area contributed by atoms with Crippen LogP contribution in [0.2, 0.25) is 5.02 Å². The number of rotatable bonds is 4. The molecule has 0 amide bonds. The molecule has 2 heterocycles. The Morgan fingerprint density at radius 2 is 1.95 bits per heavy atom. The summed E-state index contributed by atoms with van der Waals surface area (Å²) in [7, 11) is 0. The van der Waals surface area contributed by atoms with E-state index in [-0.39, 0.29) is 5.56 Å². The molecular weight excluding hydrogens is 298 g/mol. The first kappa shape index (κ1) is 15.5. The Morgan fingerprint density at radius 1 is 1.23 bits per heavy atom. The Balaban J connectivity index is 1.84. The summed E-state index contributed by atoms with van der Waals surface area (Å²) in [5.74, 6) is 0. The molecule has 0 radical (unpaired) electrons. The number of halogens is 1. The highest BCUT2D eigenvalue weighted by molar-refractivity contribution is 6.36. The predicted molar refractivity (Wildman–Crippen MR) is 90.8 cm³/mol. The van der Waals surface area contributed by atoms with E-state index >= 15 is 0 Å². The maximum atomic E-state index is 12.7. The van der Waals surface area contributed by atoms with Crippen molar-refractivity contribution in [2.45, 2.75) is 39.7 Å². The molecular formula is C17H22ClN3O. The SMILES string of the molecule is Cc1cc2ncn(CCCN3CCCC3)c(=O)c2c(Cl)c1C. The van der Waals surface area contributed by atoms with Crippen molar-refractivity contribution in [3.05, 3.63) is 38.9 Å². The third-order valence-electron chi connectivity index (χ3n) is 4.63. The molecule has 0 bridgehead atoms. The molecule has 22 heavy (non-hydrogen) atoms. The van der Waals surface area contributed by atoms with Crippen molar-refractivity contribution in [3.8, 4) is 0 Å². The van der Waals surface area contributed by atoms with Crippen LogP contribution in [0, 0.1) is 13.8 Å². The van der Waals surface area contributed by atoms with Crippen LogP contribution in [0.25, 0.3) is 10.9 Å². The molecule has 5 heteroatoms. The van der Waals surface area contributed by atoms with Gasteiger partial charge < -0.3 is 4.90 Å². The molecule has 2 aromatic rings. The summed E-state index contributed by atoms with van der Waals surface area (Å²) in [5.41, 5.74) is 2.69. The summed E-state index contributed by atoms with van der Waals surface area (Å²) < 4.78 is 1.69. The summed E-state index contributed by atoms with van der Waals surface area (Å²) in [6.07, 6.45) is 5.22. The van der Waals surface area contributed by atoms with E-state index in [2.05, 4.69) is 9.88 Å². The predicted octanol–water partition coefficient (Wildman–Crippen LogP) is 3.15. The zero-order valence-corrected chi connectivity index (χ0v) is 14.0. The Bertz CT molecular complexity index is 748. The van der Waals surface area contributed by atoms with Crippen molar-refractivity contribution in [1.82, 2.24) is 14.5 Å². The van der Waals surface area contributed by atoms with Gasteiger partial charge in [0.25, 0.3) is 5.56 Å². The third kappa shape index (κ3) is 2.90. The first-order valence-corrected chi connectivity index (χ1v) is 8.33. The molecule has 1 fully saturated rings. The van der Waals surface area contributed by atoms with Gasteiger partial charge in [0.1, 0.15) is 0 Å². The maximum Gasteiger partial charge on any atom is 0.262 e. The molecule has 0 unspecified atom stereocenters. The molecule has 0 N–H and O–H groups in total. The van der Waals surface area contributed by atoms with E-state index in [4.69, 9.17) is 11.6 Å². The summed E-state index contributed by atoms with van der Waals surface area (Å²) >= 11 is 6.38. The van der Waals surface area contributed by atoms with Crippen LogP contribution in [0.15, 0.2) is 17.2 Å². The maximum absolute atomic E-state index is 12.7. The third-order valence-corrected chi connectivity index (χ3v) is 5.11. The first-order valence-electron chi connectivity index (χ1n) is 7.95. The van der Waals surface area contributed by atoms with Crippen molar-refractivity contribution in [1.29, 1.82) is 0 Å². The standard InChI is InChI=1S/C17H22ClN3O/c1-12-10-14-15(16(18)13(12)2)17(22)21(11-19-14)9-5-8-20-6-3-4-7-20/h10-11H,3-9H2,1-2H3. The van der Waals surface area contributed by atoms with Crippen LogP contribution < -0.4 is 5.56 Å². The zero-order valence-electron chi connectivity index (χ0n) is 13.2. The van der Waals surface area contributed by atoms with E-state index in [0.29, 0.717) is 22.5 Å². The smallest absolute Gasteiger partial charge is 0.262 e. The molecule has 1 aromatic heterocycles. The van der Waals surface area contributed by atoms with Gasteiger partial charge in [-0.1, -0.05) is 11.6 Å². The first-order chi connectivity index (χ1) is 10.6. The number of fused-ring (bicyclic) bond motifs is 1. The second-order valence-corrected chi connectivity index (χ2v) is 6.55. The minimum atomic E-state index is -0.0282. The lowest BCUT2D eigenvalue weighted by atomic mass is 10.1. The monoisotopic (exact) mass is 319 g/mol. The lowest BCUT2D eigenvalue weighted by Gasteiger charge is -2.15. The van der Waals surface area contributed by atoms with Crippen molar-refractivity contribution >= 4 is 22.5 Å². The summed E-state index contributed by atoms with van der Waals surface area (Å²) in [6.45, 7) is 8.06. The van der Waals surface area contributed by atoms with Gasteiger partial charge in [-0.05, 0) is 69.9 Å². The van der Waals surface area contributed by atoms with Gasteiger partial charge in [0.05, 0.1) is 22.3 Å². The van der Waals surface area contributed by atoms with Gasteiger partial charge in [0.15, 0.2) is 0 Å². The van der Waals surface area contributed by atoms with Crippen LogP contribution in [0.4, 0.5) is 0 Å². The van der Waals surface area contributed by atoms with Gasteiger partial charge in [-0.3, -0.25) is 9.36 Å². The van der Waals surface area contributed by atoms with Gasteiger partial charge in [0.2, 0.25) is 0 Å². The second kappa shape index (κ2) is 6.39. The molecule has 0 spiro atoms. The van der Waals surface area contributed by atoms with Crippen molar-refractivity contribution in [3.63, 3.8) is 0 Å². The highest BCUT2D eigenvalue weighted by Gasteiger charge is 2.13. The lowest BCUT2D eigenvalue weighted by molar-refractivity contribution is 0.324. The normalized spacial score (nSPS) is 15.8. The van der Waals surface area contributed by atoms with Crippen LogP contribution in [0.1, 0.15) is 30.4 Å². The minimum absolute atomic E-state index is 0.0282. The number of hydrogen-bond acceptors (Lipinski definition) is 3. The Morgan fingerprint density at radius 3 is 2.68 bits per heavy atom. The fourth-order valence-corrected chi connectivity index (χ4v) is 3.45. The fraction of sp³-hybridized carbons (Fsp3) is 0.529. The quantitative estimate of drug-likeness (QED) is 0.869. The van der Waals surface area contributed by atoms with Gasteiger partial charge >= 0.3 is 0 Å². The highest BCUT2D eigenvalue weighted by atomic mass is 35.5. The fourth-order valence-electron chi connectivity index (χ4n) is 3.12. The van der Waals surface area contributed by atoms with Gasteiger partial charge in [-0.25, -0.2) is 4.98 Å². The molecule has 0 saturated carbocycles. The molecule has 118 valence electrons. The van der Waals surface area contributed by atoms with E-state index in [0.717, 1.165) is 24.1 Å². The van der Waals surface area contributed by atoms with Crippen LogP contribution >= 0.6 is 11.6 Å². The average Bonchev–Trinajstić information content (AvgIpc) is 3.00. The molecule has 1 aromatic carbocycles. The topological polar surface area (TPSA) is 38.1 Å². The van der Waals surface area contributed by atoms with E-state index in [1.807, 2.05) is 19.9 Å². The number of benzene rings is 1.